The predicted octanol–water partition coefficient (Wildman–Crippen LogP) is 2.52. The molecular formula is C16H16F6N4O. The van der Waals surface area contributed by atoms with Gasteiger partial charge in [-0.2, -0.15) is 13.2 Å². The van der Waals surface area contributed by atoms with E-state index >= 15 is 0 Å². The lowest BCUT2D eigenvalue weighted by atomic mass is 10.0. The van der Waals surface area contributed by atoms with E-state index in [1.165, 1.54) is 0 Å². The highest BCUT2D eigenvalue weighted by atomic mass is 19.4. The maximum Gasteiger partial charge on any atom is 0.451 e. The highest BCUT2D eigenvalue weighted by Gasteiger charge is 2.39. The number of hydrogen-bond acceptors (Lipinski definition) is 4. The van der Waals surface area contributed by atoms with Gasteiger partial charge in [-0.3, -0.25) is 4.90 Å². The molecule has 2 heterocycles. The standard InChI is InChI=1S/C16H16F6N4O/c17-11-7-13(19)12(18)6-9(11)5-10(27)1-2-25-3-4-26-14(8-25)23-24-15(26)16(20,21)22/h6-7,10,27H,1-5,8H2/t10-/m0/s1. The zero-order chi connectivity index (χ0) is 19.8. The van der Waals surface area contributed by atoms with Crippen LogP contribution in [0.3, 0.4) is 0 Å². The van der Waals surface area contributed by atoms with Crippen LogP contribution in [-0.2, 0) is 25.7 Å². The SMILES string of the molecule is O[C@@H](CCN1CCn2c(nnc2C(F)(F)F)C1)Cc1cc(F)c(F)cc1F. The smallest absolute Gasteiger partial charge is 0.393 e. The first-order valence-electron chi connectivity index (χ1n) is 8.18. The summed E-state index contributed by atoms with van der Waals surface area (Å²) >= 11 is 0. The molecule has 0 saturated carbocycles. The Balaban J connectivity index is 1.55. The minimum Gasteiger partial charge on any atom is -0.393 e. The molecule has 0 amide bonds. The fourth-order valence-electron chi connectivity index (χ4n) is 3.02. The molecule has 148 valence electrons. The number of aliphatic hydroxyl groups excluding tert-OH is 1. The van der Waals surface area contributed by atoms with Gasteiger partial charge in [-0.1, -0.05) is 0 Å². The van der Waals surface area contributed by atoms with E-state index in [1.807, 2.05) is 0 Å². The Morgan fingerprint density at radius 2 is 1.74 bits per heavy atom. The minimum atomic E-state index is -4.57. The molecule has 1 atom stereocenters. The van der Waals surface area contributed by atoms with Crippen molar-refractivity contribution >= 4 is 0 Å². The van der Waals surface area contributed by atoms with Crippen LogP contribution in [0.4, 0.5) is 26.3 Å². The van der Waals surface area contributed by atoms with Crippen molar-refractivity contribution in [3.05, 3.63) is 46.8 Å². The van der Waals surface area contributed by atoms with Crippen molar-refractivity contribution in [2.45, 2.75) is 38.2 Å². The number of rotatable bonds is 5. The lowest BCUT2D eigenvalue weighted by Crippen LogP contribution is -2.37. The van der Waals surface area contributed by atoms with Gasteiger partial charge in [0.25, 0.3) is 0 Å². The van der Waals surface area contributed by atoms with Crippen molar-refractivity contribution in [1.82, 2.24) is 19.7 Å². The molecule has 0 unspecified atom stereocenters. The van der Waals surface area contributed by atoms with E-state index in [0.717, 1.165) is 4.57 Å². The Kier molecular flexibility index (Phi) is 5.43. The minimum absolute atomic E-state index is 0.0606. The summed E-state index contributed by atoms with van der Waals surface area (Å²) in [4.78, 5) is 1.79. The van der Waals surface area contributed by atoms with Crippen molar-refractivity contribution < 1.29 is 31.4 Å². The summed E-state index contributed by atoms with van der Waals surface area (Å²) in [6.07, 6.45) is -5.61. The molecule has 11 heteroatoms. The van der Waals surface area contributed by atoms with Crippen LogP contribution in [0.5, 0.6) is 0 Å². The second kappa shape index (κ2) is 7.47. The molecule has 0 radical (unpaired) electrons. The molecule has 27 heavy (non-hydrogen) atoms. The third-order valence-corrected chi connectivity index (χ3v) is 4.41. The zero-order valence-corrected chi connectivity index (χ0v) is 14.0. The summed E-state index contributed by atoms with van der Waals surface area (Å²) in [5, 5.41) is 16.8. The molecule has 3 rings (SSSR count). The zero-order valence-electron chi connectivity index (χ0n) is 14.0. The van der Waals surface area contributed by atoms with Crippen molar-refractivity contribution in [3.8, 4) is 0 Å². The number of hydrogen-bond donors (Lipinski definition) is 1. The highest BCUT2D eigenvalue weighted by molar-refractivity contribution is 5.20. The Labute approximate surface area is 150 Å². The van der Waals surface area contributed by atoms with Gasteiger partial charge in [-0.05, 0) is 18.1 Å². The van der Waals surface area contributed by atoms with Crippen LogP contribution in [-0.4, -0.2) is 44.0 Å². The third kappa shape index (κ3) is 4.41. The van der Waals surface area contributed by atoms with E-state index in [-0.39, 0.29) is 37.3 Å². The summed E-state index contributed by atoms with van der Waals surface area (Å²) in [5.41, 5.74) is -0.144. The summed E-state index contributed by atoms with van der Waals surface area (Å²) < 4.78 is 79.1. The first-order valence-corrected chi connectivity index (χ1v) is 8.18. The van der Waals surface area contributed by atoms with Crippen LogP contribution in [0.25, 0.3) is 0 Å². The fourth-order valence-corrected chi connectivity index (χ4v) is 3.02. The number of aromatic nitrogens is 3. The van der Waals surface area contributed by atoms with Gasteiger partial charge in [0.05, 0.1) is 12.6 Å². The third-order valence-electron chi connectivity index (χ3n) is 4.41. The van der Waals surface area contributed by atoms with E-state index < -0.39 is 35.6 Å². The van der Waals surface area contributed by atoms with Gasteiger partial charge in [0.2, 0.25) is 5.82 Å². The van der Waals surface area contributed by atoms with E-state index in [4.69, 9.17) is 0 Å². The van der Waals surface area contributed by atoms with Gasteiger partial charge in [0.1, 0.15) is 11.6 Å². The maximum absolute atomic E-state index is 13.6. The molecule has 1 aromatic carbocycles. The Morgan fingerprint density at radius 1 is 1.04 bits per heavy atom. The molecule has 2 aromatic rings. The quantitative estimate of drug-likeness (QED) is 0.626. The van der Waals surface area contributed by atoms with Crippen LogP contribution in [0.1, 0.15) is 23.6 Å². The predicted molar refractivity (Wildman–Crippen MR) is 80.9 cm³/mol. The van der Waals surface area contributed by atoms with Gasteiger partial charge in [0.15, 0.2) is 11.6 Å². The van der Waals surface area contributed by atoms with Crippen LogP contribution in [0.15, 0.2) is 12.1 Å². The van der Waals surface area contributed by atoms with E-state index in [2.05, 4.69) is 10.2 Å². The molecule has 0 spiro atoms. The van der Waals surface area contributed by atoms with E-state index in [9.17, 15) is 31.4 Å². The average molecular weight is 394 g/mol. The van der Waals surface area contributed by atoms with Crippen LogP contribution in [0, 0.1) is 17.5 Å². The van der Waals surface area contributed by atoms with Gasteiger partial charge < -0.3 is 9.67 Å². The Bertz CT molecular complexity index is 822. The number of benzene rings is 1. The number of fused-ring (bicyclic) bond motifs is 1. The van der Waals surface area contributed by atoms with Gasteiger partial charge >= 0.3 is 6.18 Å². The van der Waals surface area contributed by atoms with Crippen molar-refractivity contribution in [1.29, 1.82) is 0 Å². The summed E-state index contributed by atoms with van der Waals surface area (Å²) in [5.74, 6) is -4.31. The topological polar surface area (TPSA) is 54.2 Å². The first kappa shape index (κ1) is 19.6. The van der Waals surface area contributed by atoms with E-state index in [1.54, 1.807) is 4.90 Å². The molecule has 1 aliphatic rings. The molecule has 1 aliphatic heterocycles. The first-order chi connectivity index (χ1) is 12.6. The Hall–Kier alpha value is -2.14. The lowest BCUT2D eigenvalue weighted by Gasteiger charge is -2.28. The number of alkyl halides is 3. The lowest BCUT2D eigenvalue weighted by molar-refractivity contribution is -0.148. The second-order valence-electron chi connectivity index (χ2n) is 6.37. The fraction of sp³-hybridized carbons (Fsp3) is 0.500. The molecule has 0 aliphatic carbocycles. The van der Waals surface area contributed by atoms with Gasteiger partial charge in [-0.15, -0.1) is 10.2 Å². The molecule has 0 bridgehead atoms. The van der Waals surface area contributed by atoms with Crippen molar-refractivity contribution in [2.75, 3.05) is 13.1 Å². The maximum atomic E-state index is 13.6. The van der Waals surface area contributed by atoms with Gasteiger partial charge in [-0.25, -0.2) is 13.2 Å². The summed E-state index contributed by atoms with van der Waals surface area (Å²) in [6, 6.07) is 1.13. The molecule has 5 nitrogen and oxygen atoms in total. The number of nitrogens with zero attached hydrogens (tertiary/aromatic N) is 4. The Morgan fingerprint density at radius 3 is 2.44 bits per heavy atom. The average Bonchev–Trinajstić information content (AvgIpc) is 3.01. The highest BCUT2D eigenvalue weighted by Crippen LogP contribution is 2.29. The molecular weight excluding hydrogens is 378 g/mol. The summed E-state index contributed by atoms with van der Waals surface area (Å²) in [7, 11) is 0. The van der Waals surface area contributed by atoms with E-state index in [0.29, 0.717) is 25.2 Å². The number of aliphatic hydroxyl groups is 1. The van der Waals surface area contributed by atoms with Crippen LogP contribution in [0.2, 0.25) is 0 Å². The number of halogens is 6. The van der Waals surface area contributed by atoms with Crippen molar-refractivity contribution in [2.24, 2.45) is 0 Å². The molecule has 0 fully saturated rings. The molecule has 0 saturated heterocycles. The normalized spacial score (nSPS) is 16.4. The van der Waals surface area contributed by atoms with Crippen molar-refractivity contribution in [3.63, 3.8) is 0 Å². The largest absolute Gasteiger partial charge is 0.451 e. The summed E-state index contributed by atoms with van der Waals surface area (Å²) in [6.45, 7) is 0.821. The van der Waals surface area contributed by atoms with Gasteiger partial charge in [0, 0.05) is 32.1 Å². The molecule has 1 aromatic heterocycles. The van der Waals surface area contributed by atoms with Crippen LogP contribution < -0.4 is 0 Å². The van der Waals surface area contributed by atoms with Crippen LogP contribution >= 0.6 is 0 Å². The monoisotopic (exact) mass is 394 g/mol. The second-order valence-corrected chi connectivity index (χ2v) is 6.37. The molecule has 1 N–H and O–H groups in total.